The zero-order valence-corrected chi connectivity index (χ0v) is 10.2. The highest BCUT2D eigenvalue weighted by Gasteiger charge is 1.99. The zero-order valence-electron chi connectivity index (χ0n) is 9.39. The van der Waals surface area contributed by atoms with Crippen molar-refractivity contribution in [2.24, 2.45) is 0 Å². The molecule has 0 bridgehead atoms. The summed E-state index contributed by atoms with van der Waals surface area (Å²) < 4.78 is 4.72. The van der Waals surface area contributed by atoms with E-state index in [1.165, 1.54) is 25.3 Å². The van der Waals surface area contributed by atoms with Gasteiger partial charge in [0.1, 0.15) is 5.75 Å². The number of rotatable bonds is 1. The van der Waals surface area contributed by atoms with E-state index < -0.39 is 0 Å². The lowest BCUT2D eigenvalue weighted by Crippen LogP contribution is -1.99. The van der Waals surface area contributed by atoms with Gasteiger partial charge in [-0.2, -0.15) is 0 Å². The molecule has 4 nitrogen and oxygen atoms in total. The van der Waals surface area contributed by atoms with Crippen LogP contribution >= 0.6 is 12.4 Å². The van der Waals surface area contributed by atoms with Crippen molar-refractivity contribution >= 4 is 12.4 Å². The van der Waals surface area contributed by atoms with Crippen molar-refractivity contribution in [3.63, 3.8) is 0 Å². The summed E-state index contributed by atoms with van der Waals surface area (Å²) in [5, 5.41) is 17.9. The first-order valence-corrected chi connectivity index (χ1v) is 4.14. The van der Waals surface area contributed by atoms with Crippen molar-refractivity contribution in [1.82, 2.24) is 4.90 Å². The number of nitrogens with zero attached hydrogens (tertiary/aromatic N) is 1. The monoisotopic (exact) mass is 235 g/mol. The molecule has 0 fully saturated rings. The van der Waals surface area contributed by atoms with Crippen molar-refractivity contribution in [2.75, 3.05) is 28.3 Å². The maximum atomic E-state index is 9.00. The molecule has 1 aromatic rings. The Labute approximate surface area is 96.5 Å². The van der Waals surface area contributed by atoms with Crippen LogP contribution in [0.5, 0.6) is 17.2 Å². The van der Waals surface area contributed by atoms with Gasteiger partial charge in [0.2, 0.25) is 0 Å². The smallest absolute Gasteiger partial charge is 0.164 e. The predicted molar refractivity (Wildman–Crippen MR) is 63.2 cm³/mol. The fourth-order valence-corrected chi connectivity index (χ4v) is 0.666. The molecule has 15 heavy (non-hydrogen) atoms. The number of hydrogen-bond donors (Lipinski definition) is 2. The molecule has 0 saturated carbocycles. The quantitative estimate of drug-likeness (QED) is 0.728. The molecule has 0 aliphatic carbocycles. The Kier molecular flexibility index (Phi) is 8.91. The summed E-state index contributed by atoms with van der Waals surface area (Å²) in [4.78, 5) is 2.00. The van der Waals surface area contributed by atoms with Crippen molar-refractivity contribution in [3.8, 4) is 17.2 Å². The summed E-state index contributed by atoms with van der Waals surface area (Å²) in [5.41, 5.74) is 0. The van der Waals surface area contributed by atoms with E-state index >= 15 is 0 Å². The van der Waals surface area contributed by atoms with Crippen LogP contribution in [0.25, 0.3) is 0 Å². The van der Waals surface area contributed by atoms with E-state index in [2.05, 4.69) is 0 Å². The molecule has 1 aromatic carbocycles. The molecule has 88 valence electrons. The Balaban J connectivity index is 0. The summed E-state index contributed by atoms with van der Waals surface area (Å²) in [5.74, 6) is 0.384. The summed E-state index contributed by atoms with van der Waals surface area (Å²) in [6.45, 7) is 0. The second-order valence-corrected chi connectivity index (χ2v) is 3.20. The van der Waals surface area contributed by atoms with Crippen LogP contribution in [-0.2, 0) is 0 Å². The number of halogens is 1. The number of phenolic OH excluding ortho intramolecular Hbond substituents is 2. The maximum absolute atomic E-state index is 9.00. The SMILES string of the molecule is CN(C)C.COc1cc(O)ccc1O.Cl. The third kappa shape index (κ3) is 7.90. The first kappa shape index (κ1) is 16.3. The predicted octanol–water partition coefficient (Wildman–Crippen LogP) is 1.71. The molecule has 2 N–H and O–H groups in total. The van der Waals surface area contributed by atoms with Gasteiger partial charge in [-0.1, -0.05) is 0 Å². The molecule has 0 heterocycles. The van der Waals surface area contributed by atoms with Crippen LogP contribution < -0.4 is 4.74 Å². The average Bonchev–Trinajstić information content (AvgIpc) is 2.08. The Morgan fingerprint density at radius 3 is 1.93 bits per heavy atom. The molecule has 0 saturated heterocycles. The van der Waals surface area contributed by atoms with Gasteiger partial charge in [0.25, 0.3) is 0 Å². The molecule has 0 amide bonds. The van der Waals surface area contributed by atoms with E-state index in [1.54, 1.807) is 0 Å². The standard InChI is InChI=1S/C7H8O3.C3H9N.ClH/c1-10-7-4-5(8)2-3-6(7)9;1-4(2)3;/h2-4,8-9H,1H3;1-3H3;1H. The van der Waals surface area contributed by atoms with Crippen molar-refractivity contribution in [2.45, 2.75) is 0 Å². The minimum Gasteiger partial charge on any atom is -0.508 e. The van der Waals surface area contributed by atoms with Crippen LogP contribution in [-0.4, -0.2) is 43.4 Å². The van der Waals surface area contributed by atoms with Crippen LogP contribution in [0.15, 0.2) is 18.2 Å². The minimum absolute atomic E-state index is 0. The van der Waals surface area contributed by atoms with Gasteiger partial charge in [0.15, 0.2) is 11.5 Å². The van der Waals surface area contributed by atoms with Crippen LogP contribution in [0.2, 0.25) is 0 Å². The lowest BCUT2D eigenvalue weighted by Gasteiger charge is -2.01. The molecular weight excluding hydrogens is 218 g/mol. The highest BCUT2D eigenvalue weighted by Crippen LogP contribution is 2.28. The minimum atomic E-state index is 0. The third-order valence-electron chi connectivity index (χ3n) is 1.16. The molecule has 0 aliphatic heterocycles. The topological polar surface area (TPSA) is 52.9 Å². The summed E-state index contributed by atoms with van der Waals surface area (Å²) >= 11 is 0. The van der Waals surface area contributed by atoms with Crippen LogP contribution in [0.4, 0.5) is 0 Å². The normalized spacial score (nSPS) is 8.60. The van der Waals surface area contributed by atoms with Gasteiger partial charge in [0.05, 0.1) is 7.11 Å². The van der Waals surface area contributed by atoms with Crippen LogP contribution in [0, 0.1) is 0 Å². The lowest BCUT2D eigenvalue weighted by atomic mass is 10.3. The van der Waals surface area contributed by atoms with E-state index in [1.807, 2.05) is 26.0 Å². The zero-order chi connectivity index (χ0) is 11.1. The van der Waals surface area contributed by atoms with Crippen molar-refractivity contribution < 1.29 is 14.9 Å². The second kappa shape index (κ2) is 8.20. The summed E-state index contributed by atoms with van der Waals surface area (Å²) in [7, 11) is 7.43. The number of phenols is 2. The molecular formula is C10H18ClNO3. The highest BCUT2D eigenvalue weighted by molar-refractivity contribution is 5.85. The Hall–Kier alpha value is -1.13. The molecule has 0 aromatic heterocycles. The summed E-state index contributed by atoms with van der Waals surface area (Å²) in [6.07, 6.45) is 0. The Morgan fingerprint density at radius 2 is 1.60 bits per heavy atom. The number of hydrogen-bond acceptors (Lipinski definition) is 4. The summed E-state index contributed by atoms with van der Waals surface area (Å²) in [6, 6.07) is 4.10. The maximum Gasteiger partial charge on any atom is 0.164 e. The average molecular weight is 236 g/mol. The molecule has 0 aliphatic rings. The molecule has 0 atom stereocenters. The van der Waals surface area contributed by atoms with Crippen molar-refractivity contribution in [3.05, 3.63) is 18.2 Å². The van der Waals surface area contributed by atoms with Gasteiger partial charge in [-0.25, -0.2) is 0 Å². The van der Waals surface area contributed by atoms with E-state index in [-0.39, 0.29) is 29.7 Å². The third-order valence-corrected chi connectivity index (χ3v) is 1.16. The molecule has 1 rings (SSSR count). The second-order valence-electron chi connectivity index (χ2n) is 3.20. The number of methoxy groups -OCH3 is 1. The fraction of sp³-hybridized carbons (Fsp3) is 0.400. The molecule has 5 heteroatoms. The Morgan fingerprint density at radius 1 is 1.13 bits per heavy atom. The van der Waals surface area contributed by atoms with E-state index in [9.17, 15) is 0 Å². The number of aromatic hydroxyl groups is 2. The number of benzene rings is 1. The van der Waals surface area contributed by atoms with E-state index in [0.717, 1.165) is 0 Å². The molecule has 0 radical (unpaired) electrons. The van der Waals surface area contributed by atoms with Crippen LogP contribution in [0.3, 0.4) is 0 Å². The van der Waals surface area contributed by atoms with Crippen molar-refractivity contribution in [1.29, 1.82) is 0 Å². The first-order chi connectivity index (χ1) is 6.47. The van der Waals surface area contributed by atoms with Gasteiger partial charge in [-0.05, 0) is 33.3 Å². The fourth-order valence-electron chi connectivity index (χ4n) is 0.666. The highest BCUT2D eigenvalue weighted by atomic mass is 35.5. The largest absolute Gasteiger partial charge is 0.508 e. The van der Waals surface area contributed by atoms with Gasteiger partial charge < -0.3 is 19.8 Å². The van der Waals surface area contributed by atoms with Gasteiger partial charge in [0, 0.05) is 6.07 Å². The van der Waals surface area contributed by atoms with E-state index in [4.69, 9.17) is 14.9 Å². The number of ether oxygens (including phenoxy) is 1. The van der Waals surface area contributed by atoms with Gasteiger partial charge >= 0.3 is 0 Å². The van der Waals surface area contributed by atoms with E-state index in [0.29, 0.717) is 0 Å². The Bertz CT molecular complexity index is 277. The lowest BCUT2D eigenvalue weighted by molar-refractivity contribution is 0.368. The van der Waals surface area contributed by atoms with Gasteiger partial charge in [-0.15, -0.1) is 12.4 Å². The van der Waals surface area contributed by atoms with Gasteiger partial charge in [-0.3, -0.25) is 0 Å². The molecule has 0 spiro atoms. The first-order valence-electron chi connectivity index (χ1n) is 4.14. The van der Waals surface area contributed by atoms with Crippen LogP contribution in [0.1, 0.15) is 0 Å². The molecule has 0 unspecified atom stereocenters.